The third kappa shape index (κ3) is 3.61. The predicted molar refractivity (Wildman–Crippen MR) is 85.2 cm³/mol. The molecule has 0 atom stereocenters. The molecule has 7 heteroatoms. The summed E-state index contributed by atoms with van der Waals surface area (Å²) in [7, 11) is 0. The van der Waals surface area contributed by atoms with Crippen LogP contribution in [-0.2, 0) is 13.2 Å². The number of nitro groups is 1. The maximum Gasteiger partial charge on any atom is 0.283 e. The second-order valence-corrected chi connectivity index (χ2v) is 5.83. The zero-order valence-electron chi connectivity index (χ0n) is 10.8. The van der Waals surface area contributed by atoms with Crippen LogP contribution in [0.25, 0.3) is 0 Å². The summed E-state index contributed by atoms with van der Waals surface area (Å²) in [6.45, 7) is 0.00274. The molecule has 5 nitrogen and oxygen atoms in total. The van der Waals surface area contributed by atoms with Gasteiger partial charge in [-0.1, -0.05) is 24.3 Å². The Hall–Kier alpha value is -1.44. The summed E-state index contributed by atoms with van der Waals surface area (Å²) in [5.74, 6) is 0.526. The van der Waals surface area contributed by atoms with E-state index in [-0.39, 0.29) is 18.9 Å². The minimum absolute atomic E-state index is 0.00870. The molecule has 2 rings (SSSR count). The molecule has 1 N–H and O–H groups in total. The van der Waals surface area contributed by atoms with Crippen LogP contribution in [0.5, 0.6) is 5.75 Å². The van der Waals surface area contributed by atoms with E-state index in [4.69, 9.17) is 4.74 Å². The van der Waals surface area contributed by atoms with E-state index in [0.717, 1.165) is 4.47 Å². The smallest absolute Gasteiger partial charge is 0.283 e. The molecule has 0 saturated heterocycles. The molecule has 0 saturated carbocycles. The molecule has 0 spiro atoms. The first-order valence-electron chi connectivity index (χ1n) is 5.97. The van der Waals surface area contributed by atoms with Crippen LogP contribution in [-0.4, -0.2) is 10.0 Å². The quantitative estimate of drug-likeness (QED) is 0.585. The molecule has 0 fully saturated rings. The van der Waals surface area contributed by atoms with E-state index < -0.39 is 4.92 Å². The van der Waals surface area contributed by atoms with Gasteiger partial charge in [0.2, 0.25) is 0 Å². The summed E-state index contributed by atoms with van der Waals surface area (Å²) < 4.78 is 6.82. The first-order valence-corrected chi connectivity index (χ1v) is 7.56. The number of halogens is 2. The van der Waals surface area contributed by atoms with Crippen molar-refractivity contribution >= 4 is 37.5 Å². The van der Waals surface area contributed by atoms with Gasteiger partial charge in [-0.2, -0.15) is 0 Å². The van der Waals surface area contributed by atoms with Crippen molar-refractivity contribution in [3.63, 3.8) is 0 Å². The molecule has 0 aromatic heterocycles. The van der Waals surface area contributed by atoms with Crippen LogP contribution in [0, 0.1) is 10.1 Å². The van der Waals surface area contributed by atoms with E-state index >= 15 is 0 Å². The number of para-hydroxylation sites is 1. The zero-order chi connectivity index (χ0) is 15.4. The number of hydrogen-bond donors (Lipinski definition) is 1. The van der Waals surface area contributed by atoms with Crippen molar-refractivity contribution in [3.05, 3.63) is 66.6 Å². The van der Waals surface area contributed by atoms with Crippen molar-refractivity contribution in [1.82, 2.24) is 0 Å². The fourth-order valence-electron chi connectivity index (χ4n) is 1.81. The number of rotatable bonds is 5. The van der Waals surface area contributed by atoms with Crippen LogP contribution >= 0.6 is 31.9 Å². The SMILES string of the molecule is O=[N+]([O-])c1cccc(COc2c(Br)cccc2CO)c1Br. The van der Waals surface area contributed by atoms with Crippen molar-refractivity contribution in [1.29, 1.82) is 0 Å². The molecule has 0 bridgehead atoms. The Balaban J connectivity index is 2.25. The first kappa shape index (κ1) is 15.9. The Bertz CT molecular complexity index is 676. The van der Waals surface area contributed by atoms with Crippen LogP contribution in [0.4, 0.5) is 5.69 Å². The molecule has 0 heterocycles. The summed E-state index contributed by atoms with van der Waals surface area (Å²) >= 11 is 6.59. The summed E-state index contributed by atoms with van der Waals surface area (Å²) in [5.41, 5.74) is 1.29. The summed E-state index contributed by atoms with van der Waals surface area (Å²) in [6, 6.07) is 10.1. The Kier molecular flexibility index (Phi) is 5.33. The topological polar surface area (TPSA) is 72.6 Å². The highest BCUT2D eigenvalue weighted by Gasteiger charge is 2.16. The molecule has 2 aromatic carbocycles. The Morgan fingerprint density at radius 2 is 1.81 bits per heavy atom. The van der Waals surface area contributed by atoms with Crippen LogP contribution in [0.15, 0.2) is 45.3 Å². The van der Waals surface area contributed by atoms with Crippen LogP contribution < -0.4 is 4.74 Å². The Labute approximate surface area is 138 Å². The third-order valence-corrected chi connectivity index (χ3v) is 4.39. The van der Waals surface area contributed by atoms with Gasteiger partial charge >= 0.3 is 0 Å². The second kappa shape index (κ2) is 7.02. The lowest BCUT2D eigenvalue weighted by Crippen LogP contribution is -2.01. The van der Waals surface area contributed by atoms with Gasteiger partial charge in [0.1, 0.15) is 16.8 Å². The molecule has 0 aliphatic rings. The predicted octanol–water partition coefficient (Wildman–Crippen LogP) is 4.19. The lowest BCUT2D eigenvalue weighted by Gasteiger charge is -2.13. The molecule has 21 heavy (non-hydrogen) atoms. The average molecular weight is 417 g/mol. The highest BCUT2D eigenvalue weighted by molar-refractivity contribution is 9.11. The van der Waals surface area contributed by atoms with E-state index in [9.17, 15) is 15.2 Å². The molecular weight excluding hydrogens is 406 g/mol. The number of aliphatic hydroxyl groups is 1. The minimum Gasteiger partial charge on any atom is -0.487 e. The molecule has 0 unspecified atom stereocenters. The minimum atomic E-state index is -0.453. The van der Waals surface area contributed by atoms with Crippen molar-refractivity contribution in [3.8, 4) is 5.75 Å². The van der Waals surface area contributed by atoms with Crippen LogP contribution in [0.3, 0.4) is 0 Å². The van der Waals surface area contributed by atoms with E-state index in [1.54, 1.807) is 30.3 Å². The molecular formula is C14H11Br2NO4. The van der Waals surface area contributed by atoms with Crippen molar-refractivity contribution in [2.45, 2.75) is 13.2 Å². The molecule has 0 radical (unpaired) electrons. The number of aliphatic hydroxyl groups excluding tert-OH is 1. The largest absolute Gasteiger partial charge is 0.487 e. The summed E-state index contributed by atoms with van der Waals surface area (Å²) in [5, 5.41) is 20.2. The standard InChI is InChI=1S/C14H11Br2NO4/c15-11-5-1-3-9(7-18)14(11)21-8-10-4-2-6-12(13(10)16)17(19)20/h1-6,18H,7-8H2. The maximum absolute atomic E-state index is 10.9. The lowest BCUT2D eigenvalue weighted by atomic mass is 10.2. The molecule has 0 aliphatic heterocycles. The lowest BCUT2D eigenvalue weighted by molar-refractivity contribution is -0.385. The number of nitrogens with zero attached hydrogens (tertiary/aromatic N) is 1. The highest BCUT2D eigenvalue weighted by Crippen LogP contribution is 2.32. The number of benzene rings is 2. The molecule has 0 amide bonds. The number of ether oxygens (including phenoxy) is 1. The summed E-state index contributed by atoms with van der Waals surface area (Å²) in [6.07, 6.45) is 0. The van der Waals surface area contributed by atoms with Crippen LogP contribution in [0.2, 0.25) is 0 Å². The summed E-state index contributed by atoms with van der Waals surface area (Å²) in [4.78, 5) is 10.4. The zero-order valence-corrected chi connectivity index (χ0v) is 13.9. The highest BCUT2D eigenvalue weighted by atomic mass is 79.9. The van der Waals surface area contributed by atoms with Crippen LogP contribution in [0.1, 0.15) is 11.1 Å². The monoisotopic (exact) mass is 415 g/mol. The average Bonchev–Trinajstić information content (AvgIpc) is 2.46. The van der Waals surface area contributed by atoms with Crippen molar-refractivity contribution in [2.24, 2.45) is 0 Å². The maximum atomic E-state index is 10.9. The number of hydrogen-bond acceptors (Lipinski definition) is 4. The normalized spacial score (nSPS) is 10.4. The fraction of sp³-hybridized carbons (Fsp3) is 0.143. The van der Waals surface area contributed by atoms with Gasteiger partial charge in [-0.05, 0) is 37.9 Å². The molecule has 2 aromatic rings. The molecule has 0 aliphatic carbocycles. The van der Waals surface area contributed by atoms with Crippen molar-refractivity contribution in [2.75, 3.05) is 0 Å². The fourth-order valence-corrected chi connectivity index (χ4v) is 2.85. The van der Waals surface area contributed by atoms with Gasteiger partial charge in [0.25, 0.3) is 5.69 Å². The van der Waals surface area contributed by atoms with Gasteiger partial charge in [0, 0.05) is 17.2 Å². The second-order valence-electron chi connectivity index (χ2n) is 4.18. The van der Waals surface area contributed by atoms with E-state index in [2.05, 4.69) is 31.9 Å². The van der Waals surface area contributed by atoms with E-state index in [0.29, 0.717) is 21.3 Å². The van der Waals surface area contributed by atoms with Crippen molar-refractivity contribution < 1.29 is 14.8 Å². The molecule has 110 valence electrons. The van der Waals surface area contributed by atoms with Gasteiger partial charge in [-0.3, -0.25) is 10.1 Å². The van der Waals surface area contributed by atoms with E-state index in [1.807, 2.05) is 0 Å². The van der Waals surface area contributed by atoms with Gasteiger partial charge in [-0.25, -0.2) is 0 Å². The van der Waals surface area contributed by atoms with Gasteiger partial charge in [0.15, 0.2) is 0 Å². The third-order valence-electron chi connectivity index (χ3n) is 2.85. The van der Waals surface area contributed by atoms with Gasteiger partial charge in [-0.15, -0.1) is 0 Å². The van der Waals surface area contributed by atoms with E-state index in [1.165, 1.54) is 6.07 Å². The number of nitro benzene ring substituents is 1. The first-order chi connectivity index (χ1) is 10.0. The van der Waals surface area contributed by atoms with Gasteiger partial charge in [0.05, 0.1) is 16.0 Å². The Morgan fingerprint density at radius 1 is 1.14 bits per heavy atom. The Morgan fingerprint density at radius 3 is 2.48 bits per heavy atom. The van der Waals surface area contributed by atoms with Gasteiger partial charge < -0.3 is 9.84 Å².